The first kappa shape index (κ1) is 9.40. The van der Waals surface area contributed by atoms with Crippen LogP contribution in [-0.2, 0) is 5.54 Å². The van der Waals surface area contributed by atoms with E-state index in [4.69, 9.17) is 5.73 Å². The van der Waals surface area contributed by atoms with Gasteiger partial charge < -0.3 is 5.73 Å². The van der Waals surface area contributed by atoms with E-state index in [1.54, 1.807) is 6.33 Å². The second kappa shape index (κ2) is 2.67. The van der Waals surface area contributed by atoms with Crippen molar-refractivity contribution in [2.24, 2.45) is 0 Å². The zero-order chi connectivity index (χ0) is 10.5. The van der Waals surface area contributed by atoms with Crippen LogP contribution in [0.15, 0.2) is 6.33 Å². The highest BCUT2D eigenvalue weighted by atomic mass is 15.2. The average molecular weight is 192 g/mol. The Labute approximate surface area is 84.2 Å². The monoisotopic (exact) mass is 192 g/mol. The van der Waals surface area contributed by atoms with Gasteiger partial charge >= 0.3 is 0 Å². The number of fused-ring (bicyclic) bond motifs is 1. The molecule has 4 heteroatoms. The summed E-state index contributed by atoms with van der Waals surface area (Å²) in [4.78, 5) is 10.6. The summed E-state index contributed by atoms with van der Waals surface area (Å²) in [6, 6.07) is 0.293. The van der Waals surface area contributed by atoms with Crippen molar-refractivity contribution in [3.63, 3.8) is 0 Å². The lowest BCUT2D eigenvalue weighted by molar-refractivity contribution is 0.138. The van der Waals surface area contributed by atoms with Gasteiger partial charge in [-0.3, -0.25) is 4.90 Å². The van der Waals surface area contributed by atoms with Crippen LogP contribution >= 0.6 is 0 Å². The highest BCUT2D eigenvalue weighted by Crippen LogP contribution is 2.44. The summed E-state index contributed by atoms with van der Waals surface area (Å²) in [6.45, 7) is 6.44. The number of nitrogens with zero attached hydrogens (tertiary/aromatic N) is 3. The van der Waals surface area contributed by atoms with Crippen LogP contribution in [0.4, 0.5) is 5.82 Å². The minimum absolute atomic E-state index is 0.0498. The van der Waals surface area contributed by atoms with E-state index in [0.29, 0.717) is 11.9 Å². The van der Waals surface area contributed by atoms with E-state index >= 15 is 0 Å². The van der Waals surface area contributed by atoms with Crippen LogP contribution in [0.5, 0.6) is 0 Å². The lowest BCUT2D eigenvalue weighted by Gasteiger charge is -2.30. The molecular weight excluding hydrogens is 176 g/mol. The van der Waals surface area contributed by atoms with E-state index < -0.39 is 0 Å². The summed E-state index contributed by atoms with van der Waals surface area (Å²) in [5.74, 6) is 0.611. The largest absolute Gasteiger partial charge is 0.383 e. The van der Waals surface area contributed by atoms with Crippen molar-refractivity contribution in [2.75, 3.05) is 12.8 Å². The molecule has 0 aromatic carbocycles. The minimum Gasteiger partial charge on any atom is -0.383 e. The number of hydrogen-bond acceptors (Lipinski definition) is 4. The van der Waals surface area contributed by atoms with Gasteiger partial charge in [-0.15, -0.1) is 0 Å². The summed E-state index contributed by atoms with van der Waals surface area (Å²) in [7, 11) is 2.09. The molecule has 1 unspecified atom stereocenters. The topological polar surface area (TPSA) is 55.0 Å². The summed E-state index contributed by atoms with van der Waals surface area (Å²) < 4.78 is 0. The third-order valence-electron chi connectivity index (χ3n) is 3.37. The zero-order valence-corrected chi connectivity index (χ0v) is 9.07. The Bertz CT molecular complexity index is 372. The molecule has 1 atom stereocenters. The van der Waals surface area contributed by atoms with Gasteiger partial charge in [0.15, 0.2) is 0 Å². The molecule has 1 aromatic heterocycles. The highest BCUT2D eigenvalue weighted by Gasteiger charge is 2.42. The third kappa shape index (κ3) is 0.973. The van der Waals surface area contributed by atoms with Crippen LogP contribution in [0.2, 0.25) is 0 Å². The van der Waals surface area contributed by atoms with Crippen molar-refractivity contribution in [2.45, 2.75) is 32.4 Å². The molecule has 2 heterocycles. The molecule has 0 fully saturated rings. The van der Waals surface area contributed by atoms with Crippen LogP contribution in [0.25, 0.3) is 0 Å². The van der Waals surface area contributed by atoms with E-state index in [1.807, 2.05) is 0 Å². The Morgan fingerprint density at radius 1 is 1.43 bits per heavy atom. The summed E-state index contributed by atoms with van der Waals surface area (Å²) in [5, 5.41) is 0. The molecule has 1 aliphatic heterocycles. The van der Waals surface area contributed by atoms with Gasteiger partial charge in [-0.25, -0.2) is 9.97 Å². The molecule has 0 aliphatic carbocycles. The first-order chi connectivity index (χ1) is 6.46. The van der Waals surface area contributed by atoms with Gasteiger partial charge in [-0.05, 0) is 27.8 Å². The molecule has 1 aromatic rings. The molecule has 0 radical (unpaired) electrons. The van der Waals surface area contributed by atoms with Crippen molar-refractivity contribution in [3.05, 3.63) is 17.6 Å². The van der Waals surface area contributed by atoms with Crippen molar-refractivity contribution in [3.8, 4) is 0 Å². The molecule has 2 rings (SSSR count). The van der Waals surface area contributed by atoms with Crippen molar-refractivity contribution in [1.82, 2.24) is 14.9 Å². The lowest BCUT2D eigenvalue weighted by Crippen LogP contribution is -2.33. The van der Waals surface area contributed by atoms with Gasteiger partial charge in [-0.1, -0.05) is 0 Å². The highest BCUT2D eigenvalue weighted by molar-refractivity contribution is 5.48. The maximum absolute atomic E-state index is 5.87. The van der Waals surface area contributed by atoms with Gasteiger partial charge in [0.2, 0.25) is 0 Å². The fourth-order valence-corrected chi connectivity index (χ4v) is 2.15. The molecule has 1 aliphatic rings. The van der Waals surface area contributed by atoms with E-state index in [1.165, 1.54) is 0 Å². The molecule has 0 spiro atoms. The predicted octanol–water partition coefficient (Wildman–Crippen LogP) is 1.30. The Kier molecular flexibility index (Phi) is 1.79. The van der Waals surface area contributed by atoms with Gasteiger partial charge in [0.25, 0.3) is 0 Å². The summed E-state index contributed by atoms with van der Waals surface area (Å²) in [5.41, 5.74) is 7.96. The average Bonchev–Trinajstić information content (AvgIpc) is 2.30. The number of nitrogens with two attached hydrogens (primary N) is 1. The fourth-order valence-electron chi connectivity index (χ4n) is 2.15. The minimum atomic E-state index is -0.0498. The van der Waals surface area contributed by atoms with E-state index in [9.17, 15) is 0 Å². The SMILES string of the molecule is CC1c2c(N)ncnc2C(C)(C)N1C. The standard InChI is InChI=1S/C10H16N4/c1-6-7-8(10(2,3)14(6)4)12-5-13-9(7)11/h5-6H,1-4H3,(H2,11,12,13). The quantitative estimate of drug-likeness (QED) is 0.673. The van der Waals surface area contributed by atoms with Crippen LogP contribution in [0, 0.1) is 0 Å². The normalized spacial score (nSPS) is 25.0. The number of aromatic nitrogens is 2. The van der Waals surface area contributed by atoms with Crippen molar-refractivity contribution < 1.29 is 0 Å². The summed E-state index contributed by atoms with van der Waals surface area (Å²) >= 11 is 0. The first-order valence-corrected chi connectivity index (χ1v) is 4.80. The molecule has 4 nitrogen and oxygen atoms in total. The third-order valence-corrected chi connectivity index (χ3v) is 3.37. The van der Waals surface area contributed by atoms with E-state index in [0.717, 1.165) is 11.3 Å². The Morgan fingerprint density at radius 3 is 2.64 bits per heavy atom. The predicted molar refractivity (Wildman–Crippen MR) is 55.6 cm³/mol. The zero-order valence-electron chi connectivity index (χ0n) is 9.07. The molecule has 14 heavy (non-hydrogen) atoms. The molecule has 0 saturated carbocycles. The smallest absolute Gasteiger partial charge is 0.131 e. The lowest BCUT2D eigenvalue weighted by atomic mass is 10.0. The number of anilines is 1. The van der Waals surface area contributed by atoms with Crippen molar-refractivity contribution in [1.29, 1.82) is 0 Å². The van der Waals surface area contributed by atoms with Gasteiger partial charge in [0.05, 0.1) is 11.2 Å². The molecule has 0 amide bonds. The van der Waals surface area contributed by atoms with Crippen LogP contribution in [-0.4, -0.2) is 21.9 Å². The second-order valence-electron chi connectivity index (χ2n) is 4.37. The summed E-state index contributed by atoms with van der Waals surface area (Å²) in [6.07, 6.45) is 1.54. The van der Waals surface area contributed by atoms with Crippen LogP contribution < -0.4 is 5.73 Å². The van der Waals surface area contributed by atoms with Crippen LogP contribution in [0.3, 0.4) is 0 Å². The number of rotatable bonds is 0. The first-order valence-electron chi connectivity index (χ1n) is 4.80. The van der Waals surface area contributed by atoms with Gasteiger partial charge in [-0.2, -0.15) is 0 Å². The van der Waals surface area contributed by atoms with Crippen molar-refractivity contribution >= 4 is 5.82 Å². The Hall–Kier alpha value is -1.16. The Balaban J connectivity index is 2.68. The number of nitrogen functional groups attached to an aromatic ring is 1. The maximum Gasteiger partial charge on any atom is 0.131 e. The molecular formula is C10H16N4. The van der Waals surface area contributed by atoms with Crippen LogP contribution in [0.1, 0.15) is 38.1 Å². The van der Waals surface area contributed by atoms with E-state index in [-0.39, 0.29) is 5.54 Å². The second-order valence-corrected chi connectivity index (χ2v) is 4.37. The fraction of sp³-hybridized carbons (Fsp3) is 0.600. The maximum atomic E-state index is 5.87. The number of hydrogen-bond donors (Lipinski definition) is 1. The molecule has 0 bridgehead atoms. The molecule has 2 N–H and O–H groups in total. The Morgan fingerprint density at radius 2 is 2.07 bits per heavy atom. The molecule has 0 saturated heterocycles. The van der Waals surface area contributed by atoms with Gasteiger partial charge in [0.1, 0.15) is 12.1 Å². The molecule has 76 valence electrons. The van der Waals surface area contributed by atoms with E-state index in [2.05, 4.69) is 42.7 Å². The van der Waals surface area contributed by atoms with Gasteiger partial charge in [0, 0.05) is 11.6 Å².